The van der Waals surface area contributed by atoms with Crippen LogP contribution in [-0.4, -0.2) is 27.6 Å². The smallest absolute Gasteiger partial charge is 0.255 e. The van der Waals surface area contributed by atoms with E-state index in [1.165, 1.54) is 11.9 Å². The summed E-state index contributed by atoms with van der Waals surface area (Å²) in [7, 11) is 0. The molecule has 0 spiro atoms. The molecule has 3 aromatic rings. The Morgan fingerprint density at radius 1 is 1.12 bits per heavy atom. The molecule has 4 rings (SSSR count). The molecule has 26 heavy (non-hydrogen) atoms. The average Bonchev–Trinajstić information content (AvgIpc) is 3.05. The number of hydrazone groups is 1. The van der Waals surface area contributed by atoms with E-state index in [0.29, 0.717) is 5.84 Å². The molecule has 6 heteroatoms. The number of benzene rings is 2. The molecule has 0 saturated heterocycles. The van der Waals surface area contributed by atoms with Gasteiger partial charge in [-0.1, -0.05) is 48.0 Å². The van der Waals surface area contributed by atoms with Crippen LogP contribution in [0.5, 0.6) is 0 Å². The Morgan fingerprint density at radius 2 is 1.85 bits per heavy atom. The molecule has 1 aliphatic rings. The van der Waals surface area contributed by atoms with Gasteiger partial charge >= 0.3 is 0 Å². The molecule has 0 radical (unpaired) electrons. The summed E-state index contributed by atoms with van der Waals surface area (Å²) in [5, 5.41) is 9.42. The summed E-state index contributed by atoms with van der Waals surface area (Å²) in [5.41, 5.74) is 3.50. The highest BCUT2D eigenvalue weighted by molar-refractivity contribution is 6.12. The topological polar surface area (TPSA) is 77.6 Å². The SMILES string of the molecule is CC(=O)N1N=C(c2ccc(C)cc2)NC(=O)C1c1c[nH]c2ccccc12. The molecule has 1 unspecified atom stereocenters. The van der Waals surface area contributed by atoms with Crippen molar-refractivity contribution in [1.29, 1.82) is 0 Å². The van der Waals surface area contributed by atoms with Crippen molar-refractivity contribution in [2.75, 3.05) is 0 Å². The molecule has 0 aliphatic carbocycles. The number of fused-ring (bicyclic) bond motifs is 1. The predicted molar refractivity (Wildman–Crippen MR) is 99.4 cm³/mol. The van der Waals surface area contributed by atoms with E-state index in [9.17, 15) is 9.59 Å². The second kappa shape index (κ2) is 6.15. The number of hydrogen-bond donors (Lipinski definition) is 2. The molecule has 2 heterocycles. The van der Waals surface area contributed by atoms with Crippen molar-refractivity contribution in [2.24, 2.45) is 5.10 Å². The third-order valence-electron chi connectivity index (χ3n) is 4.51. The number of nitrogens with one attached hydrogen (secondary N) is 2. The van der Waals surface area contributed by atoms with Crippen LogP contribution in [0.25, 0.3) is 10.9 Å². The van der Waals surface area contributed by atoms with Crippen molar-refractivity contribution in [3.8, 4) is 0 Å². The number of amides is 2. The van der Waals surface area contributed by atoms with Gasteiger partial charge in [0.05, 0.1) is 0 Å². The average molecular weight is 346 g/mol. The van der Waals surface area contributed by atoms with Gasteiger partial charge in [-0.3, -0.25) is 9.59 Å². The van der Waals surface area contributed by atoms with Crippen LogP contribution in [0.1, 0.15) is 29.7 Å². The van der Waals surface area contributed by atoms with Gasteiger partial charge in [0.2, 0.25) is 5.91 Å². The summed E-state index contributed by atoms with van der Waals surface area (Å²) in [6.45, 7) is 3.40. The highest BCUT2D eigenvalue weighted by Gasteiger charge is 2.36. The van der Waals surface area contributed by atoms with Gasteiger partial charge in [0.1, 0.15) is 0 Å². The first-order chi connectivity index (χ1) is 12.5. The Balaban J connectivity index is 1.80. The van der Waals surface area contributed by atoms with E-state index < -0.39 is 6.04 Å². The lowest BCUT2D eigenvalue weighted by Gasteiger charge is -2.31. The van der Waals surface area contributed by atoms with Crippen LogP contribution in [0.4, 0.5) is 0 Å². The molecule has 1 atom stereocenters. The molecular formula is C20H18N4O2. The fourth-order valence-corrected chi connectivity index (χ4v) is 3.17. The first-order valence-electron chi connectivity index (χ1n) is 8.37. The Morgan fingerprint density at radius 3 is 2.58 bits per heavy atom. The third kappa shape index (κ3) is 2.65. The number of aryl methyl sites for hydroxylation is 1. The molecule has 6 nitrogen and oxygen atoms in total. The van der Waals surface area contributed by atoms with Gasteiger partial charge in [-0.25, -0.2) is 5.01 Å². The lowest BCUT2D eigenvalue weighted by atomic mass is 10.0. The number of carbonyl (C=O) groups excluding carboxylic acids is 2. The maximum absolute atomic E-state index is 12.9. The van der Waals surface area contributed by atoms with Gasteiger partial charge in [0.15, 0.2) is 11.9 Å². The molecule has 0 bridgehead atoms. The Kier molecular flexibility index (Phi) is 3.80. The number of rotatable bonds is 2. The summed E-state index contributed by atoms with van der Waals surface area (Å²) >= 11 is 0. The normalized spacial score (nSPS) is 17.2. The van der Waals surface area contributed by atoms with Gasteiger partial charge < -0.3 is 10.3 Å². The zero-order valence-electron chi connectivity index (χ0n) is 14.5. The largest absolute Gasteiger partial charge is 0.361 e. The van der Waals surface area contributed by atoms with Crippen LogP contribution in [0.3, 0.4) is 0 Å². The number of hydrogen-bond acceptors (Lipinski definition) is 3. The van der Waals surface area contributed by atoms with Crippen molar-refractivity contribution < 1.29 is 9.59 Å². The predicted octanol–water partition coefficient (Wildman–Crippen LogP) is 2.86. The van der Waals surface area contributed by atoms with E-state index in [4.69, 9.17) is 0 Å². The molecule has 2 aromatic carbocycles. The maximum Gasteiger partial charge on any atom is 0.255 e. The second-order valence-corrected chi connectivity index (χ2v) is 6.36. The van der Waals surface area contributed by atoms with Crippen molar-refractivity contribution in [1.82, 2.24) is 15.3 Å². The molecular weight excluding hydrogens is 328 g/mol. The highest BCUT2D eigenvalue weighted by atomic mass is 16.2. The van der Waals surface area contributed by atoms with E-state index >= 15 is 0 Å². The lowest BCUT2D eigenvalue weighted by Crippen LogP contribution is -2.48. The summed E-state index contributed by atoms with van der Waals surface area (Å²) in [5.74, 6) is -0.198. The summed E-state index contributed by atoms with van der Waals surface area (Å²) in [6.07, 6.45) is 1.76. The Bertz CT molecular complexity index is 1030. The van der Waals surface area contributed by atoms with Crippen LogP contribution in [-0.2, 0) is 9.59 Å². The lowest BCUT2D eigenvalue weighted by molar-refractivity contribution is -0.139. The first-order valence-corrected chi connectivity index (χ1v) is 8.37. The van der Waals surface area contributed by atoms with E-state index in [-0.39, 0.29) is 11.8 Å². The van der Waals surface area contributed by atoms with Crippen LogP contribution in [0, 0.1) is 6.92 Å². The summed E-state index contributed by atoms with van der Waals surface area (Å²) < 4.78 is 0. The van der Waals surface area contributed by atoms with Gasteiger partial charge in [0.25, 0.3) is 5.91 Å². The third-order valence-corrected chi connectivity index (χ3v) is 4.51. The molecule has 2 amide bonds. The molecule has 2 N–H and O–H groups in total. The number of nitrogens with zero attached hydrogens (tertiary/aromatic N) is 2. The minimum absolute atomic E-state index is 0.282. The Labute approximate surface area is 150 Å². The second-order valence-electron chi connectivity index (χ2n) is 6.36. The van der Waals surface area contributed by atoms with Crippen LogP contribution < -0.4 is 5.32 Å². The zero-order chi connectivity index (χ0) is 18.3. The minimum atomic E-state index is -0.808. The number of aromatic nitrogens is 1. The number of carbonyl (C=O) groups is 2. The van der Waals surface area contributed by atoms with E-state index in [2.05, 4.69) is 15.4 Å². The van der Waals surface area contributed by atoms with Crippen LogP contribution >= 0.6 is 0 Å². The quantitative estimate of drug-likeness (QED) is 0.748. The van der Waals surface area contributed by atoms with Gasteiger partial charge in [0, 0.05) is 35.2 Å². The van der Waals surface area contributed by atoms with Crippen LogP contribution in [0.2, 0.25) is 0 Å². The standard InChI is InChI=1S/C20H18N4O2/c1-12-7-9-14(10-8-12)19-22-20(26)18(24(23-19)13(2)25)16-11-21-17-6-4-3-5-15(16)17/h3-11,18,21H,1-2H3,(H,22,23,26). The number of aromatic amines is 1. The monoisotopic (exact) mass is 346 g/mol. The van der Waals surface area contributed by atoms with Crippen LogP contribution in [0.15, 0.2) is 59.8 Å². The Hall–Kier alpha value is -3.41. The van der Waals surface area contributed by atoms with Crippen molar-refractivity contribution in [2.45, 2.75) is 19.9 Å². The maximum atomic E-state index is 12.9. The van der Waals surface area contributed by atoms with Gasteiger partial charge in [-0.2, -0.15) is 5.10 Å². The van der Waals surface area contributed by atoms with Crippen molar-refractivity contribution in [3.63, 3.8) is 0 Å². The first kappa shape index (κ1) is 16.1. The van der Waals surface area contributed by atoms with Crippen molar-refractivity contribution >= 4 is 28.6 Å². The molecule has 0 fully saturated rings. The molecule has 1 aromatic heterocycles. The number of para-hydroxylation sites is 1. The summed E-state index contributed by atoms with van der Waals surface area (Å²) in [4.78, 5) is 28.3. The number of amidine groups is 1. The number of H-pyrrole nitrogens is 1. The van der Waals surface area contributed by atoms with Gasteiger partial charge in [-0.05, 0) is 13.0 Å². The molecule has 130 valence electrons. The summed E-state index contributed by atoms with van der Waals surface area (Å²) in [6, 6.07) is 14.5. The van der Waals surface area contributed by atoms with Crippen molar-refractivity contribution in [3.05, 3.63) is 71.4 Å². The van der Waals surface area contributed by atoms with E-state index in [0.717, 1.165) is 27.6 Å². The zero-order valence-corrected chi connectivity index (χ0v) is 14.5. The fraction of sp³-hybridized carbons (Fsp3) is 0.150. The fourth-order valence-electron chi connectivity index (χ4n) is 3.17. The van der Waals surface area contributed by atoms with E-state index in [1.807, 2.05) is 55.5 Å². The molecule has 0 saturated carbocycles. The minimum Gasteiger partial charge on any atom is -0.361 e. The molecule has 1 aliphatic heterocycles. The van der Waals surface area contributed by atoms with E-state index in [1.54, 1.807) is 6.20 Å². The highest BCUT2D eigenvalue weighted by Crippen LogP contribution is 2.31. The van der Waals surface area contributed by atoms with Gasteiger partial charge in [-0.15, -0.1) is 0 Å².